The minimum Gasteiger partial charge on any atom is -0.497 e. The fourth-order valence-corrected chi connectivity index (χ4v) is 2.14. The van der Waals surface area contributed by atoms with Crippen molar-refractivity contribution in [3.63, 3.8) is 0 Å². The summed E-state index contributed by atoms with van der Waals surface area (Å²) in [6, 6.07) is 5.94. The van der Waals surface area contributed by atoms with Crippen LogP contribution in [0, 0.1) is 0 Å². The van der Waals surface area contributed by atoms with Crippen molar-refractivity contribution in [3.8, 4) is 11.5 Å². The number of aromatic nitrogens is 3. The summed E-state index contributed by atoms with van der Waals surface area (Å²) in [7, 11) is 3.31. The second-order valence-corrected chi connectivity index (χ2v) is 4.34. The second kappa shape index (κ2) is 6.91. The standard InChI is InChI=1S/C14H20N4O2/c1-4-16-13(8-18-10-15-9-17-18)12-6-5-11(19-2)7-14(12)20-3/h5-7,9-10,13,16H,4,8H2,1-3H3. The molecule has 0 amide bonds. The van der Waals surface area contributed by atoms with Crippen molar-refractivity contribution in [1.29, 1.82) is 0 Å². The predicted octanol–water partition coefficient (Wildman–Crippen LogP) is 1.65. The molecule has 2 rings (SSSR count). The summed E-state index contributed by atoms with van der Waals surface area (Å²) in [5.74, 6) is 1.58. The predicted molar refractivity (Wildman–Crippen MR) is 76.0 cm³/mol. The molecule has 0 aliphatic rings. The lowest BCUT2D eigenvalue weighted by atomic mass is 10.1. The summed E-state index contributed by atoms with van der Waals surface area (Å²) in [5.41, 5.74) is 1.07. The molecule has 0 saturated carbocycles. The number of ether oxygens (including phenoxy) is 2. The first-order chi connectivity index (χ1) is 9.78. The van der Waals surface area contributed by atoms with Crippen LogP contribution in [0.5, 0.6) is 11.5 Å². The monoisotopic (exact) mass is 276 g/mol. The van der Waals surface area contributed by atoms with Crippen molar-refractivity contribution in [2.75, 3.05) is 20.8 Å². The number of likely N-dealkylation sites (N-methyl/N-ethyl adjacent to an activating group) is 1. The number of nitrogens with zero attached hydrogens (tertiary/aromatic N) is 3. The van der Waals surface area contributed by atoms with Crippen molar-refractivity contribution in [2.24, 2.45) is 0 Å². The molecular formula is C14H20N4O2. The molecule has 0 bridgehead atoms. The fourth-order valence-electron chi connectivity index (χ4n) is 2.14. The first-order valence-electron chi connectivity index (χ1n) is 6.56. The van der Waals surface area contributed by atoms with E-state index in [9.17, 15) is 0 Å². The summed E-state index contributed by atoms with van der Waals surface area (Å²) in [6.07, 6.45) is 3.24. The van der Waals surface area contributed by atoms with E-state index in [1.165, 1.54) is 6.33 Å². The maximum atomic E-state index is 5.47. The lowest BCUT2D eigenvalue weighted by molar-refractivity contribution is 0.375. The van der Waals surface area contributed by atoms with E-state index in [0.717, 1.165) is 23.6 Å². The van der Waals surface area contributed by atoms with Gasteiger partial charge in [0.2, 0.25) is 0 Å². The molecule has 0 radical (unpaired) electrons. The van der Waals surface area contributed by atoms with Crippen molar-refractivity contribution < 1.29 is 9.47 Å². The van der Waals surface area contributed by atoms with Gasteiger partial charge in [-0.3, -0.25) is 4.68 Å². The molecule has 0 saturated heterocycles. The van der Waals surface area contributed by atoms with Crippen LogP contribution < -0.4 is 14.8 Å². The molecule has 6 heteroatoms. The topological polar surface area (TPSA) is 61.2 Å². The minimum absolute atomic E-state index is 0.0996. The molecule has 0 aliphatic heterocycles. The molecule has 1 unspecified atom stereocenters. The van der Waals surface area contributed by atoms with E-state index in [2.05, 4.69) is 22.3 Å². The Hall–Kier alpha value is -2.08. The van der Waals surface area contributed by atoms with E-state index >= 15 is 0 Å². The van der Waals surface area contributed by atoms with Gasteiger partial charge < -0.3 is 14.8 Å². The molecule has 1 heterocycles. The van der Waals surface area contributed by atoms with Crippen molar-refractivity contribution >= 4 is 0 Å². The van der Waals surface area contributed by atoms with Crippen LogP contribution in [-0.2, 0) is 6.54 Å². The van der Waals surface area contributed by atoms with Gasteiger partial charge in [-0.05, 0) is 18.7 Å². The Labute approximate surface area is 118 Å². The molecule has 108 valence electrons. The zero-order chi connectivity index (χ0) is 14.4. The molecule has 2 aromatic rings. The lowest BCUT2D eigenvalue weighted by Gasteiger charge is -2.21. The molecule has 0 fully saturated rings. The highest BCUT2D eigenvalue weighted by Crippen LogP contribution is 2.30. The Kier molecular flexibility index (Phi) is 4.95. The third kappa shape index (κ3) is 3.27. The number of benzene rings is 1. The third-order valence-electron chi connectivity index (χ3n) is 3.10. The van der Waals surface area contributed by atoms with Crippen LogP contribution in [0.25, 0.3) is 0 Å². The van der Waals surface area contributed by atoms with Gasteiger partial charge in [-0.25, -0.2) is 4.98 Å². The van der Waals surface area contributed by atoms with Crippen LogP contribution in [0.15, 0.2) is 30.9 Å². The molecule has 1 aromatic heterocycles. The summed E-state index contributed by atoms with van der Waals surface area (Å²) in [6.45, 7) is 3.62. The molecule has 1 atom stereocenters. The van der Waals surface area contributed by atoms with E-state index in [1.807, 2.05) is 18.2 Å². The maximum absolute atomic E-state index is 5.47. The van der Waals surface area contributed by atoms with Gasteiger partial charge in [-0.15, -0.1) is 0 Å². The Morgan fingerprint density at radius 3 is 2.75 bits per heavy atom. The highest BCUT2D eigenvalue weighted by Gasteiger charge is 2.17. The second-order valence-electron chi connectivity index (χ2n) is 4.34. The van der Waals surface area contributed by atoms with Crippen LogP contribution in [-0.4, -0.2) is 35.5 Å². The number of hydrogen-bond donors (Lipinski definition) is 1. The van der Waals surface area contributed by atoms with Gasteiger partial charge in [-0.1, -0.05) is 6.92 Å². The Morgan fingerprint density at radius 2 is 2.15 bits per heavy atom. The molecule has 1 aromatic carbocycles. The van der Waals surface area contributed by atoms with Crippen molar-refractivity contribution in [2.45, 2.75) is 19.5 Å². The lowest BCUT2D eigenvalue weighted by Crippen LogP contribution is -2.26. The van der Waals surface area contributed by atoms with E-state index in [-0.39, 0.29) is 6.04 Å². The van der Waals surface area contributed by atoms with Gasteiger partial charge in [0.05, 0.1) is 26.8 Å². The molecule has 20 heavy (non-hydrogen) atoms. The average Bonchev–Trinajstić information content (AvgIpc) is 2.99. The highest BCUT2D eigenvalue weighted by atomic mass is 16.5. The van der Waals surface area contributed by atoms with Crippen LogP contribution in [0.3, 0.4) is 0 Å². The number of hydrogen-bond acceptors (Lipinski definition) is 5. The van der Waals surface area contributed by atoms with Crippen LogP contribution in [0.1, 0.15) is 18.5 Å². The normalized spacial score (nSPS) is 12.2. The number of methoxy groups -OCH3 is 2. The SMILES string of the molecule is CCNC(Cn1cncn1)c1ccc(OC)cc1OC. The Bertz CT molecular complexity index is 528. The third-order valence-corrected chi connectivity index (χ3v) is 3.10. The van der Waals surface area contributed by atoms with Crippen molar-refractivity contribution in [3.05, 3.63) is 36.4 Å². The van der Waals surface area contributed by atoms with Gasteiger partial charge in [0.25, 0.3) is 0 Å². The zero-order valence-electron chi connectivity index (χ0n) is 12.0. The summed E-state index contributed by atoms with van der Waals surface area (Å²) < 4.78 is 12.5. The average molecular weight is 276 g/mol. The van der Waals surface area contributed by atoms with Gasteiger partial charge in [-0.2, -0.15) is 5.10 Å². The van der Waals surface area contributed by atoms with Gasteiger partial charge in [0, 0.05) is 11.6 Å². The quantitative estimate of drug-likeness (QED) is 0.833. The highest BCUT2D eigenvalue weighted by molar-refractivity contribution is 5.42. The van der Waals surface area contributed by atoms with Gasteiger partial charge in [0.1, 0.15) is 24.2 Å². The van der Waals surface area contributed by atoms with E-state index < -0.39 is 0 Å². The first-order valence-corrected chi connectivity index (χ1v) is 6.56. The smallest absolute Gasteiger partial charge is 0.137 e. The summed E-state index contributed by atoms with van der Waals surface area (Å²) in [4.78, 5) is 3.97. The summed E-state index contributed by atoms with van der Waals surface area (Å²) >= 11 is 0. The van der Waals surface area contributed by atoms with Crippen LogP contribution in [0.2, 0.25) is 0 Å². The first kappa shape index (κ1) is 14.3. The minimum atomic E-state index is 0.0996. The Morgan fingerprint density at radius 1 is 1.30 bits per heavy atom. The number of nitrogens with one attached hydrogen (secondary N) is 1. The van der Waals surface area contributed by atoms with Crippen LogP contribution in [0.4, 0.5) is 0 Å². The van der Waals surface area contributed by atoms with Gasteiger partial charge in [0.15, 0.2) is 0 Å². The molecule has 0 spiro atoms. The zero-order valence-corrected chi connectivity index (χ0v) is 12.0. The fraction of sp³-hybridized carbons (Fsp3) is 0.429. The number of rotatable bonds is 7. The Balaban J connectivity index is 2.28. The van der Waals surface area contributed by atoms with E-state index in [0.29, 0.717) is 6.54 Å². The molecule has 6 nitrogen and oxygen atoms in total. The molecular weight excluding hydrogens is 256 g/mol. The van der Waals surface area contributed by atoms with Crippen LogP contribution >= 0.6 is 0 Å². The maximum Gasteiger partial charge on any atom is 0.137 e. The van der Waals surface area contributed by atoms with Crippen molar-refractivity contribution in [1.82, 2.24) is 20.1 Å². The van der Waals surface area contributed by atoms with Gasteiger partial charge >= 0.3 is 0 Å². The summed E-state index contributed by atoms with van der Waals surface area (Å²) in [5, 5.41) is 7.59. The largest absolute Gasteiger partial charge is 0.497 e. The van der Waals surface area contributed by atoms with E-state index in [1.54, 1.807) is 25.2 Å². The molecule has 0 aliphatic carbocycles. The van der Waals surface area contributed by atoms with E-state index in [4.69, 9.17) is 9.47 Å². The molecule has 1 N–H and O–H groups in total.